The molecule has 0 radical (unpaired) electrons. The summed E-state index contributed by atoms with van der Waals surface area (Å²) in [6, 6.07) is 12.0. The molecule has 0 fully saturated rings. The van der Waals surface area contributed by atoms with Gasteiger partial charge in [-0.3, -0.25) is 4.79 Å². The second-order valence-corrected chi connectivity index (χ2v) is 5.97. The number of carbonyl (C=O) groups is 1. The Balaban J connectivity index is 2.10. The van der Waals surface area contributed by atoms with Gasteiger partial charge in [0, 0.05) is 14.9 Å². The van der Waals surface area contributed by atoms with Crippen molar-refractivity contribution in [3.05, 3.63) is 63.9 Å². The van der Waals surface area contributed by atoms with Crippen molar-refractivity contribution in [1.82, 2.24) is 0 Å². The average molecular weight is 339 g/mol. The van der Waals surface area contributed by atoms with E-state index in [-0.39, 0.29) is 11.6 Å². The largest absolute Gasteiger partial charge is 0.293 e. The molecule has 98 valence electrons. The van der Waals surface area contributed by atoms with E-state index in [0.29, 0.717) is 11.3 Å². The minimum Gasteiger partial charge on any atom is -0.293 e. The molecular weight excluding hydrogens is 327 g/mol. The number of rotatable bonds is 4. The zero-order valence-corrected chi connectivity index (χ0v) is 12.7. The van der Waals surface area contributed by atoms with E-state index in [9.17, 15) is 9.18 Å². The highest BCUT2D eigenvalue weighted by Crippen LogP contribution is 2.27. The SMILES string of the molecule is Cc1ccc(F)cc1C(=O)CSc1ccccc1Br. The van der Waals surface area contributed by atoms with Crippen molar-refractivity contribution in [3.63, 3.8) is 0 Å². The van der Waals surface area contributed by atoms with Crippen LogP contribution in [0.2, 0.25) is 0 Å². The van der Waals surface area contributed by atoms with Gasteiger partial charge in [-0.05, 0) is 52.7 Å². The van der Waals surface area contributed by atoms with E-state index in [1.165, 1.54) is 23.9 Å². The summed E-state index contributed by atoms with van der Waals surface area (Å²) in [4.78, 5) is 13.1. The number of halogens is 2. The lowest BCUT2D eigenvalue weighted by Gasteiger charge is -2.06. The lowest BCUT2D eigenvalue weighted by Crippen LogP contribution is -2.05. The average Bonchev–Trinajstić information content (AvgIpc) is 2.40. The maximum absolute atomic E-state index is 13.2. The fourth-order valence-corrected chi connectivity index (χ4v) is 3.13. The van der Waals surface area contributed by atoms with Gasteiger partial charge in [-0.15, -0.1) is 11.8 Å². The van der Waals surface area contributed by atoms with Gasteiger partial charge in [0.1, 0.15) is 5.82 Å². The monoisotopic (exact) mass is 338 g/mol. The molecule has 0 aliphatic heterocycles. The third-order valence-corrected chi connectivity index (χ3v) is 4.72. The van der Waals surface area contributed by atoms with E-state index in [1.807, 2.05) is 31.2 Å². The van der Waals surface area contributed by atoms with Crippen molar-refractivity contribution in [1.29, 1.82) is 0 Å². The molecule has 0 saturated heterocycles. The Morgan fingerprint density at radius 2 is 2.00 bits per heavy atom. The summed E-state index contributed by atoms with van der Waals surface area (Å²) in [6.45, 7) is 1.82. The van der Waals surface area contributed by atoms with Crippen molar-refractivity contribution in [3.8, 4) is 0 Å². The topological polar surface area (TPSA) is 17.1 Å². The molecule has 0 N–H and O–H groups in total. The number of thioether (sulfide) groups is 1. The van der Waals surface area contributed by atoms with Crippen LogP contribution in [0.4, 0.5) is 4.39 Å². The van der Waals surface area contributed by atoms with E-state index in [2.05, 4.69) is 15.9 Å². The van der Waals surface area contributed by atoms with Crippen molar-refractivity contribution in [2.45, 2.75) is 11.8 Å². The second kappa shape index (κ2) is 6.35. The Labute approximate surface area is 124 Å². The molecule has 0 heterocycles. The lowest BCUT2D eigenvalue weighted by molar-refractivity contribution is 0.102. The van der Waals surface area contributed by atoms with Crippen LogP contribution in [0.5, 0.6) is 0 Å². The Bertz CT molecular complexity index is 613. The summed E-state index contributed by atoms with van der Waals surface area (Å²) in [6.07, 6.45) is 0. The Morgan fingerprint density at radius 3 is 2.74 bits per heavy atom. The quantitative estimate of drug-likeness (QED) is 0.584. The number of aryl methyl sites for hydroxylation is 1. The molecule has 2 aromatic carbocycles. The molecule has 0 bridgehead atoms. The highest BCUT2D eigenvalue weighted by atomic mass is 79.9. The van der Waals surface area contributed by atoms with Crippen molar-refractivity contribution in [2.24, 2.45) is 0 Å². The van der Waals surface area contributed by atoms with E-state index in [0.717, 1.165) is 14.9 Å². The molecule has 1 nitrogen and oxygen atoms in total. The molecule has 2 aromatic rings. The number of hydrogen-bond donors (Lipinski definition) is 0. The van der Waals surface area contributed by atoms with Crippen LogP contribution in [0.25, 0.3) is 0 Å². The van der Waals surface area contributed by atoms with E-state index < -0.39 is 0 Å². The summed E-state index contributed by atoms with van der Waals surface area (Å²) in [5.74, 6) is -0.134. The fourth-order valence-electron chi connectivity index (χ4n) is 1.68. The minimum absolute atomic E-state index is 0.0576. The van der Waals surface area contributed by atoms with Gasteiger partial charge in [0.25, 0.3) is 0 Å². The van der Waals surface area contributed by atoms with Crippen LogP contribution in [0.3, 0.4) is 0 Å². The third kappa shape index (κ3) is 3.67. The van der Waals surface area contributed by atoms with Gasteiger partial charge in [-0.1, -0.05) is 18.2 Å². The summed E-state index contributed by atoms with van der Waals surface area (Å²) in [7, 11) is 0. The number of hydrogen-bond acceptors (Lipinski definition) is 2. The summed E-state index contributed by atoms with van der Waals surface area (Å²) in [5, 5.41) is 0. The minimum atomic E-state index is -0.375. The number of Topliss-reactive ketones (excluding diaryl/α,β-unsaturated/α-hetero) is 1. The molecule has 0 spiro atoms. The Morgan fingerprint density at radius 1 is 1.26 bits per heavy atom. The van der Waals surface area contributed by atoms with Crippen LogP contribution in [0, 0.1) is 12.7 Å². The molecule has 0 aliphatic rings. The van der Waals surface area contributed by atoms with Crippen LogP contribution in [-0.4, -0.2) is 11.5 Å². The predicted molar refractivity (Wildman–Crippen MR) is 80.3 cm³/mol. The standard InChI is InChI=1S/C15H12BrFOS/c1-10-6-7-11(17)8-12(10)14(18)9-19-15-5-3-2-4-13(15)16/h2-8H,9H2,1H3. The fraction of sp³-hybridized carbons (Fsp3) is 0.133. The lowest BCUT2D eigenvalue weighted by atomic mass is 10.1. The zero-order valence-electron chi connectivity index (χ0n) is 10.3. The molecule has 0 aromatic heterocycles. The van der Waals surface area contributed by atoms with Crippen molar-refractivity contribution in [2.75, 3.05) is 5.75 Å². The molecule has 0 aliphatic carbocycles. The smallest absolute Gasteiger partial charge is 0.173 e. The first-order chi connectivity index (χ1) is 9.08. The molecule has 4 heteroatoms. The Hall–Kier alpha value is -1.13. The van der Waals surface area contributed by atoms with Gasteiger partial charge >= 0.3 is 0 Å². The highest BCUT2D eigenvalue weighted by Gasteiger charge is 2.11. The normalized spacial score (nSPS) is 10.5. The number of carbonyl (C=O) groups excluding carboxylic acids is 1. The first kappa shape index (κ1) is 14.3. The maximum atomic E-state index is 13.2. The van der Waals surface area contributed by atoms with Gasteiger partial charge in [0.15, 0.2) is 5.78 Å². The zero-order chi connectivity index (χ0) is 13.8. The number of benzene rings is 2. The third-order valence-electron chi connectivity index (χ3n) is 2.70. The molecule has 0 unspecified atom stereocenters. The van der Waals surface area contributed by atoms with Crippen LogP contribution >= 0.6 is 27.7 Å². The van der Waals surface area contributed by atoms with E-state index in [1.54, 1.807) is 6.07 Å². The van der Waals surface area contributed by atoms with Crippen LogP contribution in [-0.2, 0) is 0 Å². The van der Waals surface area contributed by atoms with Crippen molar-refractivity contribution < 1.29 is 9.18 Å². The first-order valence-corrected chi connectivity index (χ1v) is 7.52. The maximum Gasteiger partial charge on any atom is 0.173 e. The van der Waals surface area contributed by atoms with Gasteiger partial charge in [0.05, 0.1) is 5.75 Å². The second-order valence-electron chi connectivity index (χ2n) is 4.10. The summed E-state index contributed by atoms with van der Waals surface area (Å²) in [5.41, 5.74) is 1.26. The Kier molecular flexibility index (Phi) is 4.77. The first-order valence-electron chi connectivity index (χ1n) is 5.74. The molecule has 19 heavy (non-hydrogen) atoms. The summed E-state index contributed by atoms with van der Waals surface area (Å²) >= 11 is 4.88. The molecule has 0 saturated carbocycles. The highest BCUT2D eigenvalue weighted by molar-refractivity contribution is 9.10. The predicted octanol–water partition coefficient (Wildman–Crippen LogP) is 4.87. The van der Waals surface area contributed by atoms with Crippen LogP contribution in [0.15, 0.2) is 51.8 Å². The van der Waals surface area contributed by atoms with Crippen molar-refractivity contribution >= 4 is 33.5 Å². The number of ketones is 1. The van der Waals surface area contributed by atoms with Gasteiger partial charge < -0.3 is 0 Å². The molecule has 0 atom stereocenters. The summed E-state index contributed by atoms with van der Waals surface area (Å²) < 4.78 is 14.1. The molecular formula is C15H12BrFOS. The van der Waals surface area contributed by atoms with E-state index in [4.69, 9.17) is 0 Å². The molecule has 0 amide bonds. The van der Waals surface area contributed by atoms with Gasteiger partial charge in [0.2, 0.25) is 0 Å². The van der Waals surface area contributed by atoms with Gasteiger partial charge in [-0.25, -0.2) is 4.39 Å². The van der Waals surface area contributed by atoms with E-state index >= 15 is 0 Å². The van der Waals surface area contributed by atoms with Crippen LogP contribution < -0.4 is 0 Å². The van der Waals surface area contributed by atoms with Gasteiger partial charge in [-0.2, -0.15) is 0 Å². The molecule has 2 rings (SSSR count). The van der Waals surface area contributed by atoms with Crippen LogP contribution in [0.1, 0.15) is 15.9 Å².